The lowest BCUT2D eigenvalue weighted by atomic mass is 10.2. The number of hydrogen-bond donors (Lipinski definition) is 1. The molecule has 16 heavy (non-hydrogen) atoms. The zero-order valence-electron chi connectivity index (χ0n) is 10.2. The van der Waals surface area contributed by atoms with Crippen LogP contribution in [-0.2, 0) is 9.53 Å². The second-order valence-corrected chi connectivity index (χ2v) is 3.81. The Kier molecular flexibility index (Phi) is 4.55. The molecule has 1 rings (SSSR count). The number of aryl methyl sites for hydroxylation is 1. The highest BCUT2D eigenvalue weighted by molar-refractivity contribution is 5.75. The highest BCUT2D eigenvalue weighted by atomic mass is 16.5. The van der Waals surface area contributed by atoms with E-state index in [1.165, 1.54) is 0 Å². The molecule has 1 N–H and O–H groups in total. The molecule has 4 nitrogen and oxygen atoms in total. The molecule has 0 aliphatic rings. The number of furan rings is 1. The number of ether oxygens (including phenoxy) is 1. The summed E-state index contributed by atoms with van der Waals surface area (Å²) in [4.78, 5) is 11.4. The molecule has 0 spiro atoms. The summed E-state index contributed by atoms with van der Waals surface area (Å²) in [7, 11) is 0. The molecular formula is C12H19NO3. The van der Waals surface area contributed by atoms with E-state index in [1.54, 1.807) is 13.8 Å². The number of rotatable bonds is 5. The Hall–Kier alpha value is -1.29. The van der Waals surface area contributed by atoms with E-state index in [0.29, 0.717) is 6.61 Å². The van der Waals surface area contributed by atoms with Crippen LogP contribution in [0.15, 0.2) is 16.5 Å². The molecule has 2 atom stereocenters. The minimum Gasteiger partial charge on any atom is -0.465 e. The third kappa shape index (κ3) is 3.38. The number of hydrogen-bond acceptors (Lipinski definition) is 4. The maximum absolute atomic E-state index is 11.4. The summed E-state index contributed by atoms with van der Waals surface area (Å²) < 4.78 is 10.4. The number of carbonyl (C=O) groups excluding carboxylic acids is 1. The van der Waals surface area contributed by atoms with Gasteiger partial charge in [-0.15, -0.1) is 0 Å². The first-order chi connectivity index (χ1) is 7.54. The third-order valence-electron chi connectivity index (χ3n) is 2.33. The van der Waals surface area contributed by atoms with Gasteiger partial charge in [0.15, 0.2) is 0 Å². The van der Waals surface area contributed by atoms with Crippen LogP contribution in [0, 0.1) is 6.92 Å². The summed E-state index contributed by atoms with van der Waals surface area (Å²) in [6.07, 6.45) is 0. The molecule has 0 aliphatic heterocycles. The van der Waals surface area contributed by atoms with Crippen molar-refractivity contribution in [2.45, 2.75) is 39.8 Å². The quantitative estimate of drug-likeness (QED) is 0.780. The standard InChI is InChI=1S/C12H19NO3/c1-5-15-12(14)10(4)13-9(3)11-7-6-8(2)16-11/h6-7,9-10,13H,5H2,1-4H3. The molecule has 1 aromatic rings. The Labute approximate surface area is 96.0 Å². The normalized spacial score (nSPS) is 14.5. The molecule has 0 fully saturated rings. The second-order valence-electron chi connectivity index (χ2n) is 3.81. The van der Waals surface area contributed by atoms with Crippen molar-refractivity contribution in [3.63, 3.8) is 0 Å². The first-order valence-corrected chi connectivity index (χ1v) is 5.53. The zero-order valence-corrected chi connectivity index (χ0v) is 10.2. The van der Waals surface area contributed by atoms with E-state index in [4.69, 9.17) is 9.15 Å². The second kappa shape index (κ2) is 5.70. The number of esters is 1. The maximum atomic E-state index is 11.4. The van der Waals surface area contributed by atoms with Crippen LogP contribution in [0.1, 0.15) is 38.3 Å². The summed E-state index contributed by atoms with van der Waals surface area (Å²) in [6.45, 7) is 7.83. The van der Waals surface area contributed by atoms with Crippen LogP contribution in [0.25, 0.3) is 0 Å². The average molecular weight is 225 g/mol. The van der Waals surface area contributed by atoms with Crippen LogP contribution in [0.4, 0.5) is 0 Å². The predicted molar refractivity (Wildman–Crippen MR) is 61.1 cm³/mol. The molecule has 0 saturated heterocycles. The van der Waals surface area contributed by atoms with Crippen LogP contribution < -0.4 is 5.32 Å². The Morgan fingerprint density at radius 1 is 1.50 bits per heavy atom. The first-order valence-electron chi connectivity index (χ1n) is 5.53. The molecule has 1 aromatic heterocycles. The van der Waals surface area contributed by atoms with Gasteiger partial charge in [0, 0.05) is 0 Å². The van der Waals surface area contributed by atoms with E-state index in [2.05, 4.69) is 5.32 Å². The SMILES string of the molecule is CCOC(=O)C(C)NC(C)c1ccc(C)o1. The van der Waals surface area contributed by atoms with E-state index < -0.39 is 0 Å². The fourth-order valence-corrected chi connectivity index (χ4v) is 1.48. The monoisotopic (exact) mass is 225 g/mol. The summed E-state index contributed by atoms with van der Waals surface area (Å²) in [6, 6.07) is 3.47. The Bertz CT molecular complexity index is 346. The van der Waals surface area contributed by atoms with Crippen molar-refractivity contribution in [3.05, 3.63) is 23.7 Å². The van der Waals surface area contributed by atoms with Crippen molar-refractivity contribution < 1.29 is 13.9 Å². The Morgan fingerprint density at radius 3 is 2.69 bits per heavy atom. The Morgan fingerprint density at radius 2 is 2.19 bits per heavy atom. The van der Waals surface area contributed by atoms with Gasteiger partial charge in [0.1, 0.15) is 17.6 Å². The highest BCUT2D eigenvalue weighted by Gasteiger charge is 2.18. The topological polar surface area (TPSA) is 51.5 Å². The van der Waals surface area contributed by atoms with E-state index in [1.807, 2.05) is 26.0 Å². The average Bonchev–Trinajstić information content (AvgIpc) is 2.65. The molecular weight excluding hydrogens is 206 g/mol. The molecule has 0 aliphatic carbocycles. The van der Waals surface area contributed by atoms with Gasteiger partial charge in [0.25, 0.3) is 0 Å². The van der Waals surface area contributed by atoms with Gasteiger partial charge in [0.05, 0.1) is 12.6 Å². The molecule has 4 heteroatoms. The van der Waals surface area contributed by atoms with Gasteiger partial charge >= 0.3 is 5.97 Å². The van der Waals surface area contributed by atoms with Gasteiger partial charge in [-0.25, -0.2) is 0 Å². The first kappa shape index (κ1) is 12.8. The molecule has 1 heterocycles. The van der Waals surface area contributed by atoms with E-state index >= 15 is 0 Å². The summed E-state index contributed by atoms with van der Waals surface area (Å²) >= 11 is 0. The molecule has 0 amide bonds. The van der Waals surface area contributed by atoms with Gasteiger partial charge < -0.3 is 9.15 Å². The highest BCUT2D eigenvalue weighted by Crippen LogP contribution is 2.16. The fraction of sp³-hybridized carbons (Fsp3) is 0.583. The zero-order chi connectivity index (χ0) is 12.1. The minimum absolute atomic E-state index is 0.00638. The third-order valence-corrected chi connectivity index (χ3v) is 2.33. The molecule has 2 unspecified atom stereocenters. The van der Waals surface area contributed by atoms with Crippen LogP contribution >= 0.6 is 0 Å². The Balaban J connectivity index is 2.51. The minimum atomic E-state index is -0.333. The summed E-state index contributed by atoms with van der Waals surface area (Å²) in [5.74, 6) is 1.46. The molecule has 0 aromatic carbocycles. The lowest BCUT2D eigenvalue weighted by Crippen LogP contribution is -2.36. The predicted octanol–water partition coefficient (Wildman–Crippen LogP) is 2.19. The number of nitrogens with one attached hydrogen (secondary N) is 1. The van der Waals surface area contributed by atoms with E-state index in [-0.39, 0.29) is 18.1 Å². The van der Waals surface area contributed by atoms with Gasteiger partial charge in [0.2, 0.25) is 0 Å². The molecule has 0 radical (unpaired) electrons. The van der Waals surface area contributed by atoms with Gasteiger partial charge in [-0.3, -0.25) is 10.1 Å². The van der Waals surface area contributed by atoms with Crippen LogP contribution in [-0.4, -0.2) is 18.6 Å². The molecule has 90 valence electrons. The lowest BCUT2D eigenvalue weighted by Gasteiger charge is -2.16. The van der Waals surface area contributed by atoms with Gasteiger partial charge in [-0.05, 0) is 39.8 Å². The van der Waals surface area contributed by atoms with E-state index in [0.717, 1.165) is 11.5 Å². The summed E-state index contributed by atoms with van der Waals surface area (Å²) in [5, 5.41) is 3.13. The summed E-state index contributed by atoms with van der Waals surface area (Å²) in [5.41, 5.74) is 0. The van der Waals surface area contributed by atoms with Crippen LogP contribution in [0.5, 0.6) is 0 Å². The van der Waals surface area contributed by atoms with Crippen molar-refractivity contribution >= 4 is 5.97 Å². The number of carbonyl (C=O) groups is 1. The maximum Gasteiger partial charge on any atom is 0.322 e. The fourth-order valence-electron chi connectivity index (χ4n) is 1.48. The molecule has 0 bridgehead atoms. The van der Waals surface area contributed by atoms with Crippen LogP contribution in [0.2, 0.25) is 0 Å². The smallest absolute Gasteiger partial charge is 0.322 e. The molecule has 0 saturated carbocycles. The van der Waals surface area contributed by atoms with Crippen molar-refractivity contribution in [2.24, 2.45) is 0 Å². The van der Waals surface area contributed by atoms with E-state index in [9.17, 15) is 4.79 Å². The van der Waals surface area contributed by atoms with Crippen molar-refractivity contribution in [1.29, 1.82) is 0 Å². The van der Waals surface area contributed by atoms with Crippen molar-refractivity contribution in [2.75, 3.05) is 6.61 Å². The van der Waals surface area contributed by atoms with Crippen LogP contribution in [0.3, 0.4) is 0 Å². The van der Waals surface area contributed by atoms with Crippen molar-refractivity contribution in [1.82, 2.24) is 5.32 Å². The van der Waals surface area contributed by atoms with Crippen molar-refractivity contribution in [3.8, 4) is 0 Å². The largest absolute Gasteiger partial charge is 0.465 e. The van der Waals surface area contributed by atoms with Gasteiger partial charge in [-0.1, -0.05) is 0 Å². The lowest BCUT2D eigenvalue weighted by molar-refractivity contribution is -0.145. The van der Waals surface area contributed by atoms with Gasteiger partial charge in [-0.2, -0.15) is 0 Å².